The maximum atomic E-state index is 14.5. The number of carbonyl (C=O) groups is 3. The summed E-state index contributed by atoms with van der Waals surface area (Å²) in [5.74, 6) is -1.57. The maximum Gasteiger partial charge on any atom is 0.258 e. The average Bonchev–Trinajstić information content (AvgIpc) is 3.14. The summed E-state index contributed by atoms with van der Waals surface area (Å²) < 4.78 is 20.4. The summed E-state index contributed by atoms with van der Waals surface area (Å²) in [6.45, 7) is 3.49. The number of nitrogens with zero attached hydrogens (tertiary/aromatic N) is 3. The molecule has 0 saturated heterocycles. The standard InChI is InChI=1S/C34H30BrFN4O4.ClH/c1-4-20(2)32(41)38-28-19-40(33(42)22-6-10-25(36)11-7-22)30-15-21(17-37)5-13-29(30)39(34(28)43)18-27-26-12-9-24(35)16-23(26)8-14-31(27)44-3;/h5-16,20,28H,4,18-19H2,1-3H3,(H,38,41);1H/t20-,28+;/m1./s1. The van der Waals surface area contributed by atoms with Crippen molar-refractivity contribution in [3.63, 3.8) is 0 Å². The highest BCUT2D eigenvalue weighted by Crippen LogP contribution is 2.38. The van der Waals surface area contributed by atoms with E-state index in [9.17, 15) is 24.0 Å². The second kappa shape index (κ2) is 14.1. The number of carbonyl (C=O) groups excluding carboxylic acids is 3. The number of methoxy groups -OCH3 is 1. The van der Waals surface area contributed by atoms with Crippen LogP contribution in [0.1, 0.15) is 41.8 Å². The lowest BCUT2D eigenvalue weighted by molar-refractivity contribution is -0.129. The number of anilines is 2. The minimum absolute atomic E-state index is 0. The topological polar surface area (TPSA) is 103 Å². The summed E-state index contributed by atoms with van der Waals surface area (Å²) >= 11 is 3.52. The third kappa shape index (κ3) is 6.80. The Morgan fingerprint density at radius 1 is 1.09 bits per heavy atom. The summed E-state index contributed by atoms with van der Waals surface area (Å²) in [6.07, 6.45) is 0.559. The Bertz CT molecular complexity index is 1810. The lowest BCUT2D eigenvalue weighted by Gasteiger charge is -2.27. The third-order valence-electron chi connectivity index (χ3n) is 7.91. The van der Waals surface area contributed by atoms with Crippen LogP contribution in [0.4, 0.5) is 15.8 Å². The number of nitriles is 1. The molecule has 5 rings (SSSR count). The molecule has 1 heterocycles. The van der Waals surface area contributed by atoms with Crippen molar-refractivity contribution in [1.82, 2.24) is 5.32 Å². The number of nitrogens with one attached hydrogen (secondary N) is 1. The Hall–Kier alpha value is -4.46. The van der Waals surface area contributed by atoms with Crippen molar-refractivity contribution in [1.29, 1.82) is 5.26 Å². The van der Waals surface area contributed by atoms with E-state index in [0.717, 1.165) is 20.8 Å². The molecule has 1 N–H and O–H groups in total. The van der Waals surface area contributed by atoms with Crippen molar-refractivity contribution < 1.29 is 23.5 Å². The summed E-state index contributed by atoms with van der Waals surface area (Å²) in [7, 11) is 1.55. The highest BCUT2D eigenvalue weighted by atomic mass is 79.9. The van der Waals surface area contributed by atoms with Crippen LogP contribution in [0.15, 0.2) is 77.3 Å². The molecule has 0 bridgehead atoms. The van der Waals surface area contributed by atoms with E-state index in [2.05, 4.69) is 27.3 Å². The molecule has 45 heavy (non-hydrogen) atoms. The number of benzene rings is 4. The summed E-state index contributed by atoms with van der Waals surface area (Å²) in [4.78, 5) is 44.5. The van der Waals surface area contributed by atoms with Crippen LogP contribution in [-0.2, 0) is 16.1 Å². The fraction of sp³-hybridized carbons (Fsp3) is 0.235. The largest absolute Gasteiger partial charge is 0.496 e. The zero-order chi connectivity index (χ0) is 31.5. The molecule has 3 amide bonds. The quantitative estimate of drug-likeness (QED) is 0.230. The van der Waals surface area contributed by atoms with E-state index in [0.29, 0.717) is 23.5 Å². The van der Waals surface area contributed by atoms with Crippen molar-refractivity contribution in [2.24, 2.45) is 5.92 Å². The SMILES string of the molecule is CC[C@@H](C)C(=O)N[C@H]1CN(C(=O)c2ccc(F)cc2)c2cc(C#N)ccc2N(Cc2c(OC)ccc3cc(Br)ccc23)C1=O.Cl. The smallest absolute Gasteiger partial charge is 0.258 e. The molecule has 232 valence electrons. The summed E-state index contributed by atoms with van der Waals surface area (Å²) in [5, 5.41) is 14.4. The van der Waals surface area contributed by atoms with Gasteiger partial charge in [0.05, 0.1) is 43.2 Å². The normalized spacial score (nSPS) is 14.9. The number of halogens is 3. The molecule has 0 aromatic heterocycles. The number of amides is 3. The van der Waals surface area contributed by atoms with Crippen molar-refractivity contribution in [2.45, 2.75) is 32.9 Å². The number of ether oxygens (including phenoxy) is 1. The van der Waals surface area contributed by atoms with E-state index in [-0.39, 0.29) is 48.4 Å². The van der Waals surface area contributed by atoms with Gasteiger partial charge in [-0.05, 0) is 77.9 Å². The Kier molecular flexibility index (Phi) is 10.5. The molecule has 2 atom stereocenters. The van der Waals surface area contributed by atoms with Gasteiger partial charge >= 0.3 is 0 Å². The number of hydrogen-bond donors (Lipinski definition) is 1. The average molecular weight is 694 g/mol. The van der Waals surface area contributed by atoms with Gasteiger partial charge in [-0.2, -0.15) is 5.26 Å². The fourth-order valence-electron chi connectivity index (χ4n) is 5.27. The molecule has 0 unspecified atom stereocenters. The van der Waals surface area contributed by atoms with Crippen LogP contribution >= 0.6 is 28.3 Å². The second-order valence-electron chi connectivity index (χ2n) is 10.6. The molecular formula is C34H31BrClFN4O4. The van der Waals surface area contributed by atoms with Crippen LogP contribution in [0.3, 0.4) is 0 Å². The molecule has 0 fully saturated rings. The van der Waals surface area contributed by atoms with E-state index in [4.69, 9.17) is 4.74 Å². The van der Waals surface area contributed by atoms with Gasteiger partial charge < -0.3 is 19.9 Å². The van der Waals surface area contributed by atoms with Gasteiger partial charge in [-0.15, -0.1) is 12.4 Å². The second-order valence-corrected chi connectivity index (χ2v) is 11.6. The fourth-order valence-corrected chi connectivity index (χ4v) is 5.65. The van der Waals surface area contributed by atoms with E-state index in [1.54, 1.807) is 32.2 Å². The predicted molar refractivity (Wildman–Crippen MR) is 177 cm³/mol. The van der Waals surface area contributed by atoms with E-state index in [1.807, 2.05) is 37.3 Å². The number of hydrogen-bond acceptors (Lipinski definition) is 5. The first-order valence-electron chi connectivity index (χ1n) is 14.1. The van der Waals surface area contributed by atoms with Crippen molar-refractivity contribution in [3.05, 3.63) is 99.8 Å². The Morgan fingerprint density at radius 2 is 1.82 bits per heavy atom. The van der Waals surface area contributed by atoms with Crippen molar-refractivity contribution in [2.75, 3.05) is 23.5 Å². The van der Waals surface area contributed by atoms with E-state index < -0.39 is 23.7 Å². The summed E-state index contributed by atoms with van der Waals surface area (Å²) in [6, 6.07) is 20.4. The predicted octanol–water partition coefficient (Wildman–Crippen LogP) is 6.77. The van der Waals surface area contributed by atoms with Gasteiger partial charge in [0.1, 0.15) is 17.6 Å². The van der Waals surface area contributed by atoms with Crippen LogP contribution in [0, 0.1) is 23.1 Å². The number of fused-ring (bicyclic) bond motifs is 2. The molecule has 0 spiro atoms. The first-order valence-corrected chi connectivity index (χ1v) is 14.9. The lowest BCUT2D eigenvalue weighted by atomic mass is 10.0. The minimum Gasteiger partial charge on any atom is -0.496 e. The molecule has 0 aliphatic carbocycles. The van der Waals surface area contributed by atoms with E-state index in [1.165, 1.54) is 34.1 Å². The van der Waals surface area contributed by atoms with Gasteiger partial charge in [0.2, 0.25) is 5.91 Å². The molecule has 0 saturated carbocycles. The number of rotatable bonds is 7. The van der Waals surface area contributed by atoms with Crippen LogP contribution in [0.2, 0.25) is 0 Å². The van der Waals surface area contributed by atoms with Crippen molar-refractivity contribution >= 4 is 68.2 Å². The van der Waals surface area contributed by atoms with Gasteiger partial charge in [-0.3, -0.25) is 14.4 Å². The van der Waals surface area contributed by atoms with Crippen LogP contribution in [0.5, 0.6) is 5.75 Å². The molecule has 11 heteroatoms. The maximum absolute atomic E-state index is 14.5. The monoisotopic (exact) mass is 692 g/mol. The molecule has 8 nitrogen and oxygen atoms in total. The zero-order valence-corrected chi connectivity index (χ0v) is 27.2. The lowest BCUT2D eigenvalue weighted by Crippen LogP contribution is -2.53. The molecular weight excluding hydrogens is 663 g/mol. The highest BCUT2D eigenvalue weighted by Gasteiger charge is 2.38. The zero-order valence-electron chi connectivity index (χ0n) is 24.8. The van der Waals surface area contributed by atoms with Crippen molar-refractivity contribution in [3.8, 4) is 11.8 Å². The van der Waals surface area contributed by atoms with Gasteiger partial charge in [-0.1, -0.05) is 41.9 Å². The molecule has 1 aliphatic heterocycles. The molecule has 4 aromatic carbocycles. The van der Waals surface area contributed by atoms with Gasteiger partial charge in [0.15, 0.2) is 0 Å². The van der Waals surface area contributed by atoms with Gasteiger partial charge in [0, 0.05) is 21.5 Å². The first-order chi connectivity index (χ1) is 21.1. The van der Waals surface area contributed by atoms with Gasteiger partial charge in [0.25, 0.3) is 11.8 Å². The third-order valence-corrected chi connectivity index (χ3v) is 8.41. The van der Waals surface area contributed by atoms with Gasteiger partial charge in [-0.25, -0.2) is 4.39 Å². The highest BCUT2D eigenvalue weighted by molar-refractivity contribution is 9.10. The molecule has 0 radical (unpaired) electrons. The van der Waals surface area contributed by atoms with E-state index >= 15 is 0 Å². The molecule has 4 aromatic rings. The Labute approximate surface area is 275 Å². The van der Waals surface area contributed by atoms with Crippen LogP contribution < -0.4 is 19.9 Å². The first kappa shape index (κ1) is 33.4. The van der Waals surface area contributed by atoms with Crippen LogP contribution in [0.25, 0.3) is 10.8 Å². The Balaban J connectivity index is 0.00000461. The molecule has 1 aliphatic rings. The Morgan fingerprint density at radius 3 is 2.49 bits per heavy atom. The van der Waals surface area contributed by atoms with Crippen LogP contribution in [-0.4, -0.2) is 37.4 Å². The summed E-state index contributed by atoms with van der Waals surface area (Å²) in [5.41, 5.74) is 1.89. The minimum atomic E-state index is -1.12.